The number of rotatable bonds is 5. The van der Waals surface area contributed by atoms with Gasteiger partial charge in [0, 0.05) is 13.2 Å². The largest absolute Gasteiger partial charge is 0.484 e. The van der Waals surface area contributed by atoms with Crippen LogP contribution in [0, 0.1) is 0 Å². The maximum Gasteiger partial charge on any atom is 0.258 e. The van der Waals surface area contributed by atoms with Crippen LogP contribution in [0.2, 0.25) is 0 Å². The van der Waals surface area contributed by atoms with Crippen molar-refractivity contribution in [2.75, 3.05) is 19.8 Å². The van der Waals surface area contributed by atoms with Gasteiger partial charge < -0.3 is 14.8 Å². The number of nitrogens with one attached hydrogen (secondary N) is 1. The molecule has 1 aliphatic heterocycles. The summed E-state index contributed by atoms with van der Waals surface area (Å²) in [4.78, 5) is 11.5. The first-order valence-corrected chi connectivity index (χ1v) is 5.91. The van der Waals surface area contributed by atoms with Gasteiger partial charge in [0.2, 0.25) is 0 Å². The molecule has 2 rings (SSSR count). The molecule has 17 heavy (non-hydrogen) atoms. The first-order valence-electron chi connectivity index (χ1n) is 5.91. The molecule has 1 heterocycles. The van der Waals surface area contributed by atoms with Crippen molar-refractivity contribution in [2.24, 2.45) is 0 Å². The summed E-state index contributed by atoms with van der Waals surface area (Å²) in [6.07, 6.45) is 2.29. The molecule has 1 aliphatic rings. The van der Waals surface area contributed by atoms with Gasteiger partial charge in [-0.25, -0.2) is 0 Å². The Morgan fingerprint density at radius 1 is 1.41 bits per heavy atom. The van der Waals surface area contributed by atoms with E-state index in [2.05, 4.69) is 5.32 Å². The Kier molecular flexibility index (Phi) is 4.38. The van der Waals surface area contributed by atoms with Gasteiger partial charge in [-0.15, -0.1) is 0 Å². The van der Waals surface area contributed by atoms with E-state index in [1.54, 1.807) is 0 Å². The van der Waals surface area contributed by atoms with Crippen LogP contribution in [0.3, 0.4) is 0 Å². The van der Waals surface area contributed by atoms with Gasteiger partial charge in [0.05, 0.1) is 6.10 Å². The molecule has 0 unspecified atom stereocenters. The van der Waals surface area contributed by atoms with Crippen molar-refractivity contribution in [2.45, 2.75) is 18.9 Å². The monoisotopic (exact) mass is 235 g/mol. The number of carbonyl (C=O) groups is 1. The molecule has 0 aliphatic carbocycles. The summed E-state index contributed by atoms with van der Waals surface area (Å²) >= 11 is 0. The SMILES string of the molecule is O=C(COc1ccccc1)NC[C@H]1CCCO1. The normalized spacial score (nSPS) is 18.9. The van der Waals surface area contributed by atoms with Crippen LogP contribution in [-0.2, 0) is 9.53 Å². The first-order chi connectivity index (χ1) is 8.34. The number of carbonyl (C=O) groups excluding carboxylic acids is 1. The fraction of sp³-hybridized carbons (Fsp3) is 0.462. The molecule has 0 radical (unpaired) electrons. The highest BCUT2D eigenvalue weighted by atomic mass is 16.5. The second-order valence-electron chi connectivity index (χ2n) is 4.04. The Hall–Kier alpha value is -1.55. The zero-order valence-corrected chi connectivity index (χ0v) is 9.72. The van der Waals surface area contributed by atoms with Crippen molar-refractivity contribution < 1.29 is 14.3 Å². The summed E-state index contributed by atoms with van der Waals surface area (Å²) < 4.78 is 10.7. The number of ether oxygens (including phenoxy) is 2. The number of para-hydroxylation sites is 1. The predicted molar refractivity (Wildman–Crippen MR) is 63.9 cm³/mol. The van der Waals surface area contributed by atoms with E-state index in [-0.39, 0.29) is 18.6 Å². The third kappa shape index (κ3) is 4.07. The topological polar surface area (TPSA) is 47.6 Å². The number of amides is 1. The van der Waals surface area contributed by atoms with Crippen LogP contribution < -0.4 is 10.1 Å². The molecule has 1 N–H and O–H groups in total. The summed E-state index contributed by atoms with van der Waals surface area (Å²) in [7, 11) is 0. The van der Waals surface area contributed by atoms with Gasteiger partial charge in [-0.1, -0.05) is 18.2 Å². The van der Waals surface area contributed by atoms with Crippen LogP contribution >= 0.6 is 0 Å². The Labute approximate surface area is 101 Å². The van der Waals surface area contributed by atoms with Crippen molar-refractivity contribution in [1.82, 2.24) is 5.32 Å². The Bertz CT molecular complexity index is 347. The number of hydrogen-bond donors (Lipinski definition) is 1. The van der Waals surface area contributed by atoms with E-state index < -0.39 is 0 Å². The molecule has 1 fully saturated rings. The van der Waals surface area contributed by atoms with Crippen molar-refractivity contribution in [3.63, 3.8) is 0 Å². The molecular weight excluding hydrogens is 218 g/mol. The first kappa shape index (κ1) is 11.9. The molecule has 0 saturated carbocycles. The molecule has 4 heteroatoms. The Morgan fingerprint density at radius 2 is 2.24 bits per heavy atom. The third-order valence-corrected chi connectivity index (χ3v) is 2.66. The summed E-state index contributed by atoms with van der Waals surface area (Å²) in [5.41, 5.74) is 0. The second kappa shape index (κ2) is 6.25. The average molecular weight is 235 g/mol. The average Bonchev–Trinajstić information content (AvgIpc) is 2.88. The lowest BCUT2D eigenvalue weighted by Gasteiger charge is -2.11. The fourth-order valence-electron chi connectivity index (χ4n) is 1.75. The molecular formula is C13H17NO3. The minimum Gasteiger partial charge on any atom is -0.484 e. The number of hydrogen-bond acceptors (Lipinski definition) is 3. The van der Waals surface area contributed by atoms with Crippen LogP contribution in [0.15, 0.2) is 30.3 Å². The highest BCUT2D eigenvalue weighted by Gasteiger charge is 2.16. The van der Waals surface area contributed by atoms with Gasteiger partial charge in [-0.2, -0.15) is 0 Å². The zero-order valence-electron chi connectivity index (χ0n) is 9.72. The van der Waals surface area contributed by atoms with Gasteiger partial charge in [0.15, 0.2) is 6.61 Å². The van der Waals surface area contributed by atoms with E-state index in [0.29, 0.717) is 12.3 Å². The van der Waals surface area contributed by atoms with Crippen molar-refractivity contribution >= 4 is 5.91 Å². The zero-order chi connectivity index (χ0) is 11.9. The van der Waals surface area contributed by atoms with Gasteiger partial charge in [-0.3, -0.25) is 4.79 Å². The molecule has 1 atom stereocenters. The van der Waals surface area contributed by atoms with Gasteiger partial charge in [0.25, 0.3) is 5.91 Å². The lowest BCUT2D eigenvalue weighted by atomic mass is 10.2. The lowest BCUT2D eigenvalue weighted by molar-refractivity contribution is -0.123. The minimum absolute atomic E-state index is 0.0523. The highest BCUT2D eigenvalue weighted by molar-refractivity contribution is 5.77. The Morgan fingerprint density at radius 3 is 2.94 bits per heavy atom. The van der Waals surface area contributed by atoms with Gasteiger partial charge >= 0.3 is 0 Å². The second-order valence-corrected chi connectivity index (χ2v) is 4.04. The molecule has 92 valence electrons. The molecule has 4 nitrogen and oxygen atoms in total. The summed E-state index contributed by atoms with van der Waals surface area (Å²) in [6.45, 7) is 1.44. The summed E-state index contributed by atoms with van der Waals surface area (Å²) in [5.74, 6) is 0.601. The van der Waals surface area contributed by atoms with Crippen LogP contribution in [0.25, 0.3) is 0 Å². The maximum absolute atomic E-state index is 11.5. The minimum atomic E-state index is -0.107. The molecule has 1 amide bonds. The van der Waals surface area contributed by atoms with Crippen LogP contribution in [-0.4, -0.2) is 31.8 Å². The molecule has 0 aromatic heterocycles. The quantitative estimate of drug-likeness (QED) is 0.838. The van der Waals surface area contributed by atoms with E-state index in [1.807, 2.05) is 30.3 Å². The van der Waals surface area contributed by atoms with Crippen LogP contribution in [0.4, 0.5) is 0 Å². The molecule has 1 aromatic carbocycles. The van der Waals surface area contributed by atoms with E-state index in [9.17, 15) is 4.79 Å². The van der Waals surface area contributed by atoms with E-state index >= 15 is 0 Å². The molecule has 1 saturated heterocycles. The van der Waals surface area contributed by atoms with Crippen molar-refractivity contribution in [3.8, 4) is 5.75 Å². The maximum atomic E-state index is 11.5. The molecule has 1 aromatic rings. The standard InChI is InChI=1S/C13H17NO3/c15-13(14-9-12-7-4-8-16-12)10-17-11-5-2-1-3-6-11/h1-3,5-6,12H,4,7-10H2,(H,14,15)/t12-/m1/s1. The van der Waals surface area contributed by atoms with Gasteiger partial charge in [-0.05, 0) is 25.0 Å². The van der Waals surface area contributed by atoms with Gasteiger partial charge in [0.1, 0.15) is 5.75 Å². The Balaban J connectivity index is 1.64. The molecule has 0 spiro atoms. The van der Waals surface area contributed by atoms with E-state index in [1.165, 1.54) is 0 Å². The lowest BCUT2D eigenvalue weighted by Crippen LogP contribution is -2.35. The third-order valence-electron chi connectivity index (χ3n) is 2.66. The summed E-state index contributed by atoms with van der Waals surface area (Å²) in [5, 5.41) is 2.81. The molecule has 0 bridgehead atoms. The van der Waals surface area contributed by atoms with Crippen molar-refractivity contribution in [1.29, 1.82) is 0 Å². The van der Waals surface area contributed by atoms with E-state index in [4.69, 9.17) is 9.47 Å². The highest BCUT2D eigenvalue weighted by Crippen LogP contribution is 2.10. The smallest absolute Gasteiger partial charge is 0.258 e. The van der Waals surface area contributed by atoms with E-state index in [0.717, 1.165) is 19.4 Å². The fourth-order valence-corrected chi connectivity index (χ4v) is 1.75. The predicted octanol–water partition coefficient (Wildman–Crippen LogP) is 1.36. The van der Waals surface area contributed by atoms with Crippen molar-refractivity contribution in [3.05, 3.63) is 30.3 Å². The van der Waals surface area contributed by atoms with Crippen LogP contribution in [0.1, 0.15) is 12.8 Å². The summed E-state index contributed by atoms with van der Waals surface area (Å²) in [6, 6.07) is 9.31. The number of benzene rings is 1. The van der Waals surface area contributed by atoms with Crippen LogP contribution in [0.5, 0.6) is 5.75 Å².